The van der Waals surface area contributed by atoms with Crippen molar-refractivity contribution in [3.05, 3.63) is 48.4 Å². The van der Waals surface area contributed by atoms with E-state index >= 15 is 0 Å². The molecule has 0 saturated heterocycles. The maximum Gasteiger partial charge on any atom is 0.493 e. The predicted octanol–water partition coefficient (Wildman–Crippen LogP) is 2.63. The third-order valence-electron chi connectivity index (χ3n) is 4.92. The lowest BCUT2D eigenvalue weighted by Crippen LogP contribution is -2.36. The van der Waals surface area contributed by atoms with Gasteiger partial charge in [0.05, 0.1) is 29.2 Å². The van der Waals surface area contributed by atoms with E-state index in [-0.39, 0.29) is 17.3 Å². The highest BCUT2D eigenvalue weighted by atomic mass is 19.4. The van der Waals surface area contributed by atoms with Crippen LogP contribution in [0, 0.1) is 0 Å². The first kappa shape index (κ1) is 22.8. The lowest BCUT2D eigenvalue weighted by molar-refractivity contribution is -0.232. The SMILES string of the molecule is CN(OC(=O)C(F)(F)F)C(=O)Cc1ccc2nc(-c3cc(-c4cnn(C)c4)cnc3N)[nH]c2c1. The fourth-order valence-electron chi connectivity index (χ4n) is 3.20. The number of amides is 1. The molecule has 0 unspecified atom stereocenters. The molecule has 0 aliphatic heterocycles. The molecule has 34 heavy (non-hydrogen) atoms. The second-order valence-electron chi connectivity index (χ2n) is 7.44. The molecule has 0 fully saturated rings. The van der Waals surface area contributed by atoms with E-state index in [2.05, 4.69) is 24.9 Å². The summed E-state index contributed by atoms with van der Waals surface area (Å²) in [7, 11) is 2.73. The number of nitrogens with one attached hydrogen (secondary N) is 1. The second kappa shape index (κ2) is 8.50. The van der Waals surface area contributed by atoms with Crippen LogP contribution >= 0.6 is 0 Å². The molecule has 0 radical (unpaired) electrons. The van der Waals surface area contributed by atoms with Gasteiger partial charge in [0.1, 0.15) is 11.6 Å². The average Bonchev–Trinajstić information content (AvgIpc) is 3.39. The number of carbonyl (C=O) groups excluding carboxylic acids is 2. The second-order valence-corrected chi connectivity index (χ2v) is 7.44. The number of alkyl halides is 3. The molecule has 176 valence electrons. The van der Waals surface area contributed by atoms with Crippen LogP contribution in [0.15, 0.2) is 42.9 Å². The summed E-state index contributed by atoms with van der Waals surface area (Å²) in [4.78, 5) is 39.0. The minimum absolute atomic E-state index is 0.259. The van der Waals surface area contributed by atoms with Crippen LogP contribution in [0.25, 0.3) is 33.5 Å². The maximum absolute atomic E-state index is 12.3. The number of fused-ring (bicyclic) bond motifs is 1. The lowest BCUT2D eigenvalue weighted by Gasteiger charge is -2.16. The molecule has 13 heteroatoms. The average molecular weight is 473 g/mol. The van der Waals surface area contributed by atoms with E-state index < -0.39 is 18.1 Å². The lowest BCUT2D eigenvalue weighted by atomic mass is 10.1. The van der Waals surface area contributed by atoms with Crippen LogP contribution in [0.2, 0.25) is 0 Å². The maximum atomic E-state index is 12.3. The van der Waals surface area contributed by atoms with E-state index in [0.717, 1.165) is 18.2 Å². The Morgan fingerprint density at radius 1 is 1.21 bits per heavy atom. The first-order chi connectivity index (χ1) is 16.0. The fraction of sp³-hybridized carbons (Fsp3) is 0.190. The molecule has 3 aromatic heterocycles. The largest absolute Gasteiger partial charge is 0.493 e. The Hall–Kier alpha value is -4.42. The van der Waals surface area contributed by atoms with Crippen LogP contribution in [-0.2, 0) is 27.9 Å². The molecular weight excluding hydrogens is 455 g/mol. The molecule has 3 N–H and O–H groups in total. The van der Waals surface area contributed by atoms with Gasteiger partial charge in [-0.2, -0.15) is 23.3 Å². The number of imidazole rings is 1. The number of halogens is 3. The zero-order chi connectivity index (χ0) is 24.6. The van der Waals surface area contributed by atoms with E-state index in [4.69, 9.17) is 5.73 Å². The van der Waals surface area contributed by atoms with E-state index in [0.29, 0.717) is 28.0 Å². The van der Waals surface area contributed by atoms with Gasteiger partial charge in [0.2, 0.25) is 0 Å². The number of nitrogens with two attached hydrogens (primary N) is 1. The van der Waals surface area contributed by atoms with Gasteiger partial charge in [-0.25, -0.2) is 14.8 Å². The van der Waals surface area contributed by atoms with E-state index in [1.165, 1.54) is 0 Å². The van der Waals surface area contributed by atoms with Crippen molar-refractivity contribution >= 4 is 28.7 Å². The van der Waals surface area contributed by atoms with Gasteiger partial charge in [0.15, 0.2) is 0 Å². The summed E-state index contributed by atoms with van der Waals surface area (Å²) >= 11 is 0. The Balaban J connectivity index is 1.56. The molecule has 4 aromatic rings. The van der Waals surface area contributed by atoms with Crippen molar-refractivity contribution in [2.24, 2.45) is 7.05 Å². The molecule has 0 spiro atoms. The summed E-state index contributed by atoms with van der Waals surface area (Å²) in [5.74, 6) is -2.60. The zero-order valence-electron chi connectivity index (χ0n) is 17.9. The van der Waals surface area contributed by atoms with Crippen LogP contribution in [0.1, 0.15) is 5.56 Å². The van der Waals surface area contributed by atoms with Crippen LogP contribution < -0.4 is 5.73 Å². The number of pyridine rings is 1. The number of rotatable bonds is 4. The number of aromatic amines is 1. The van der Waals surface area contributed by atoms with Crippen molar-refractivity contribution in [1.82, 2.24) is 29.8 Å². The third-order valence-corrected chi connectivity index (χ3v) is 4.92. The van der Waals surface area contributed by atoms with Crippen molar-refractivity contribution < 1.29 is 27.6 Å². The van der Waals surface area contributed by atoms with Crippen LogP contribution in [-0.4, -0.2) is 54.9 Å². The number of anilines is 1. The highest BCUT2D eigenvalue weighted by Crippen LogP contribution is 2.29. The molecule has 1 aromatic carbocycles. The Labute approximate surface area is 190 Å². The van der Waals surface area contributed by atoms with Crippen LogP contribution in [0.4, 0.5) is 19.0 Å². The predicted molar refractivity (Wildman–Crippen MR) is 115 cm³/mol. The summed E-state index contributed by atoms with van der Waals surface area (Å²) in [6.07, 6.45) is -0.342. The number of nitrogen functional groups attached to an aromatic ring is 1. The number of likely N-dealkylation sites (N-methyl/N-ethyl adjacent to an activating group) is 1. The number of aryl methyl sites for hydroxylation is 1. The highest BCUT2D eigenvalue weighted by molar-refractivity contribution is 5.86. The number of hydrogen-bond donors (Lipinski definition) is 2. The standard InChI is InChI=1S/C21H18F3N7O3/c1-30-10-13(9-27-30)12-7-14(18(25)26-8-12)19-28-15-4-3-11(5-16(15)29-19)6-17(32)31(2)34-20(33)21(22,23)24/h3-5,7-10H,6H2,1-2H3,(H2,25,26)(H,28,29). The first-order valence-electron chi connectivity index (χ1n) is 9.80. The van der Waals surface area contributed by atoms with E-state index in [9.17, 15) is 22.8 Å². The van der Waals surface area contributed by atoms with Crippen molar-refractivity contribution in [1.29, 1.82) is 0 Å². The molecule has 10 nitrogen and oxygen atoms in total. The van der Waals surface area contributed by atoms with Gasteiger partial charge in [-0.3, -0.25) is 9.48 Å². The van der Waals surface area contributed by atoms with Gasteiger partial charge in [-0.05, 0) is 23.8 Å². The number of hydrogen-bond acceptors (Lipinski definition) is 7. The molecule has 0 aliphatic carbocycles. The number of nitrogens with zero attached hydrogens (tertiary/aromatic N) is 5. The summed E-state index contributed by atoms with van der Waals surface area (Å²) < 4.78 is 38.6. The topological polar surface area (TPSA) is 132 Å². The first-order valence-corrected chi connectivity index (χ1v) is 9.80. The molecule has 4 rings (SSSR count). The number of benzene rings is 1. The molecule has 3 heterocycles. The normalized spacial score (nSPS) is 11.6. The molecular formula is C21H18F3N7O3. The van der Waals surface area contributed by atoms with Crippen molar-refractivity contribution in [3.63, 3.8) is 0 Å². The van der Waals surface area contributed by atoms with Crippen molar-refractivity contribution in [2.75, 3.05) is 12.8 Å². The van der Waals surface area contributed by atoms with Gasteiger partial charge >= 0.3 is 12.1 Å². The Morgan fingerprint density at radius 3 is 2.65 bits per heavy atom. The number of hydroxylamine groups is 2. The number of aromatic nitrogens is 5. The molecule has 0 bridgehead atoms. The smallest absolute Gasteiger partial charge is 0.383 e. The van der Waals surface area contributed by atoms with Gasteiger partial charge in [0.25, 0.3) is 5.91 Å². The molecule has 0 aliphatic rings. The summed E-state index contributed by atoms with van der Waals surface area (Å²) in [6, 6.07) is 6.69. The zero-order valence-corrected chi connectivity index (χ0v) is 17.9. The summed E-state index contributed by atoms with van der Waals surface area (Å²) in [5.41, 5.74) is 9.89. The van der Waals surface area contributed by atoms with Gasteiger partial charge in [-0.15, -0.1) is 0 Å². The Kier molecular flexibility index (Phi) is 5.69. The number of carbonyl (C=O) groups is 2. The Morgan fingerprint density at radius 2 is 1.97 bits per heavy atom. The molecule has 1 amide bonds. The van der Waals surface area contributed by atoms with Crippen molar-refractivity contribution in [3.8, 4) is 22.5 Å². The molecule has 0 atom stereocenters. The van der Waals surface area contributed by atoms with Gasteiger partial charge < -0.3 is 15.6 Å². The van der Waals surface area contributed by atoms with Crippen LogP contribution in [0.3, 0.4) is 0 Å². The monoisotopic (exact) mass is 473 g/mol. The minimum atomic E-state index is -5.20. The van der Waals surface area contributed by atoms with Gasteiger partial charge in [-0.1, -0.05) is 6.07 Å². The quantitative estimate of drug-likeness (QED) is 0.436. The number of H-pyrrole nitrogens is 1. The summed E-state index contributed by atoms with van der Waals surface area (Å²) in [6.45, 7) is 0. The Bertz CT molecular complexity index is 1390. The van der Waals surface area contributed by atoms with E-state index in [1.54, 1.807) is 42.3 Å². The van der Waals surface area contributed by atoms with E-state index in [1.807, 2.05) is 12.3 Å². The van der Waals surface area contributed by atoms with Gasteiger partial charge in [0, 0.05) is 37.6 Å². The minimum Gasteiger partial charge on any atom is -0.383 e. The highest BCUT2D eigenvalue weighted by Gasteiger charge is 2.42. The summed E-state index contributed by atoms with van der Waals surface area (Å²) in [5, 5.41) is 4.40. The van der Waals surface area contributed by atoms with Crippen molar-refractivity contribution in [2.45, 2.75) is 12.6 Å². The molecule has 0 saturated carbocycles. The third kappa shape index (κ3) is 4.67. The van der Waals surface area contributed by atoms with Crippen LogP contribution in [0.5, 0.6) is 0 Å². The fourth-order valence-corrected chi connectivity index (χ4v) is 3.20.